The van der Waals surface area contributed by atoms with Crippen molar-refractivity contribution in [3.05, 3.63) is 36.5 Å². The first-order valence-corrected chi connectivity index (χ1v) is 38.5. The van der Waals surface area contributed by atoms with E-state index in [2.05, 4.69) is 161 Å². The summed E-state index contributed by atoms with van der Waals surface area (Å²) < 4.78 is 40.1. The molecule has 0 spiro atoms. The van der Waals surface area contributed by atoms with Gasteiger partial charge in [-0.05, 0) is 177 Å². The fourth-order valence-corrected chi connectivity index (χ4v) is 15.9. The summed E-state index contributed by atoms with van der Waals surface area (Å²) in [6, 6.07) is 0. The molecule has 16 rings (SSSR count). The summed E-state index contributed by atoms with van der Waals surface area (Å²) in [5, 5.41) is 0. The molecular formula is C82H158O7. The van der Waals surface area contributed by atoms with Crippen LogP contribution in [0.3, 0.4) is 0 Å². The molecule has 14 bridgehead atoms. The predicted molar refractivity (Wildman–Crippen MR) is 388 cm³/mol. The minimum Gasteiger partial charge on any atom is -0.375 e. The molecule has 0 amide bonds. The fourth-order valence-electron chi connectivity index (χ4n) is 15.9. The molecule has 11 saturated heterocycles. The van der Waals surface area contributed by atoms with Crippen molar-refractivity contribution >= 4 is 0 Å². The Balaban J connectivity index is 0.000000503. The molecule has 528 valence electrons. The van der Waals surface area contributed by atoms with Gasteiger partial charge in [0.15, 0.2) is 0 Å². The molecule has 0 radical (unpaired) electrons. The van der Waals surface area contributed by atoms with Crippen molar-refractivity contribution in [2.45, 2.75) is 423 Å². The third kappa shape index (κ3) is 26.8. The third-order valence-electron chi connectivity index (χ3n) is 20.6. The lowest BCUT2D eigenvalue weighted by Crippen LogP contribution is -2.41. The average molecular weight is 1260 g/mol. The highest BCUT2D eigenvalue weighted by atomic mass is 16.5. The molecule has 20 atom stereocenters. The molecule has 20 unspecified atom stereocenters. The van der Waals surface area contributed by atoms with E-state index < -0.39 is 0 Å². The van der Waals surface area contributed by atoms with Gasteiger partial charge < -0.3 is 33.2 Å². The number of hydrogen-bond acceptors (Lipinski definition) is 7. The van der Waals surface area contributed by atoms with Crippen LogP contribution in [0.1, 0.15) is 337 Å². The molecule has 2 aliphatic carbocycles. The standard InChI is InChI=1S/C11H20O.2C11H18O.C10H18O.C10H16O.C9H16O.C6H10O.7C2H6/c3*1-11(2,3)9-7-8-5-4-6-10(9)12-8;2*1-10(2,3)8-6-7-4-5-9(8)11-7;1-9(2,3)7-4-6-5-8(7)10-6;1-2-5-4-6(3-1)7-5;7*1-2/h8-10H,4-7H2,1-3H3;4,6,8-10H,5,7H2,1-3H3;4-5,8-10H,6-7H2,1-3H3;7-9H,4-6H2,1-3H3;4-5,7-9H,6H2,1-3H3;6-8H,4-5H2,1-3H3;5-6H,1-4H2;7*1-2H3. The topological polar surface area (TPSA) is 64.6 Å². The Morgan fingerprint density at radius 3 is 0.899 bits per heavy atom. The highest BCUT2D eigenvalue weighted by molar-refractivity contribution is 5.13. The maximum absolute atomic E-state index is 5.94. The third-order valence-corrected chi connectivity index (χ3v) is 20.6. The summed E-state index contributed by atoms with van der Waals surface area (Å²) in [5.41, 5.74) is 2.59. The Bertz CT molecular complexity index is 1860. The van der Waals surface area contributed by atoms with Gasteiger partial charge in [0.2, 0.25) is 0 Å². The number of hydrogen-bond donors (Lipinski definition) is 0. The van der Waals surface area contributed by atoms with Crippen molar-refractivity contribution in [2.75, 3.05) is 0 Å². The van der Waals surface area contributed by atoms with Crippen molar-refractivity contribution in [1.82, 2.24) is 0 Å². The zero-order valence-electron chi connectivity index (χ0n) is 65.6. The molecule has 89 heavy (non-hydrogen) atoms. The highest BCUT2D eigenvalue weighted by Gasteiger charge is 2.51. The molecule has 0 aromatic rings. The lowest BCUT2D eigenvalue weighted by atomic mass is 9.72. The largest absolute Gasteiger partial charge is 0.375 e. The number of fused-ring (bicyclic) bond motifs is 13. The van der Waals surface area contributed by atoms with Gasteiger partial charge in [0, 0.05) is 6.42 Å². The van der Waals surface area contributed by atoms with E-state index in [4.69, 9.17) is 33.2 Å². The summed E-state index contributed by atoms with van der Waals surface area (Å²) >= 11 is 0. The lowest BCUT2D eigenvalue weighted by Gasteiger charge is -2.41. The second-order valence-corrected chi connectivity index (χ2v) is 32.7. The molecule has 0 N–H and O–H groups in total. The maximum atomic E-state index is 5.94. The van der Waals surface area contributed by atoms with E-state index in [9.17, 15) is 0 Å². The van der Waals surface area contributed by atoms with E-state index in [-0.39, 0.29) is 0 Å². The SMILES string of the molecule is C1CC2CC(C1)O2.CC.CC.CC.CC.CC.CC.CC.CC(C)(C)C1CC2C=CC1O2.CC(C)(C)C1CC2C=CCC1O2.CC(C)(C)C1CC2CC1O2.CC(C)(C)C1CC2CC=CC1O2.CC(C)(C)C1CC2CCC1O2.CC(C)(C)C1CC2CCCC1O2. The van der Waals surface area contributed by atoms with Crippen LogP contribution in [0.4, 0.5) is 0 Å². The number of ether oxygens (including phenoxy) is 7. The Morgan fingerprint density at radius 1 is 0.236 bits per heavy atom. The van der Waals surface area contributed by atoms with Crippen LogP contribution in [0.15, 0.2) is 36.5 Å². The monoisotopic (exact) mass is 1260 g/mol. The summed E-state index contributed by atoms with van der Waals surface area (Å²) in [4.78, 5) is 0. The van der Waals surface area contributed by atoms with Crippen LogP contribution in [0.2, 0.25) is 0 Å². The van der Waals surface area contributed by atoms with Gasteiger partial charge in [0.25, 0.3) is 0 Å². The van der Waals surface area contributed by atoms with Crippen LogP contribution in [-0.2, 0) is 33.2 Å². The predicted octanol–water partition coefficient (Wildman–Crippen LogP) is 24.2. The van der Waals surface area contributed by atoms with E-state index >= 15 is 0 Å². The molecule has 14 aliphatic heterocycles. The van der Waals surface area contributed by atoms with Gasteiger partial charge in [-0.3, -0.25) is 0 Å². The number of rotatable bonds is 0. The minimum atomic E-state index is 0.397. The Labute approximate surface area is 557 Å². The molecule has 14 heterocycles. The fraction of sp³-hybridized carbons (Fsp3) is 0.927. The first kappa shape index (κ1) is 86.0. The van der Waals surface area contributed by atoms with Gasteiger partial charge >= 0.3 is 0 Å². The van der Waals surface area contributed by atoms with Crippen molar-refractivity contribution in [1.29, 1.82) is 0 Å². The lowest BCUT2D eigenvalue weighted by molar-refractivity contribution is -0.155. The van der Waals surface area contributed by atoms with E-state index in [1.54, 1.807) is 0 Å². The molecule has 7 nitrogen and oxygen atoms in total. The Hall–Kier alpha value is -1.06. The van der Waals surface area contributed by atoms with Gasteiger partial charge in [-0.1, -0.05) is 258 Å². The summed E-state index contributed by atoms with van der Waals surface area (Å²) in [5.74, 6) is 4.67. The summed E-state index contributed by atoms with van der Waals surface area (Å²) in [6.07, 6.45) is 44.5. The van der Waals surface area contributed by atoms with Crippen molar-refractivity contribution in [3.63, 3.8) is 0 Å². The van der Waals surface area contributed by atoms with E-state index in [0.29, 0.717) is 118 Å². The van der Waals surface area contributed by atoms with Crippen LogP contribution in [0.5, 0.6) is 0 Å². The smallest absolute Gasteiger partial charge is 0.0799 e. The van der Waals surface area contributed by atoms with Crippen LogP contribution < -0.4 is 0 Å². The quantitative estimate of drug-likeness (QED) is 0.224. The zero-order chi connectivity index (χ0) is 68.5. The Kier molecular flexibility index (Phi) is 39.1. The normalized spacial score (nSPS) is 36.4. The molecule has 7 heteroatoms. The molecule has 0 aromatic carbocycles. The summed E-state index contributed by atoms with van der Waals surface area (Å²) in [6.45, 7) is 69.8. The summed E-state index contributed by atoms with van der Waals surface area (Å²) in [7, 11) is 0. The van der Waals surface area contributed by atoms with E-state index in [0.717, 1.165) is 48.3 Å². The second kappa shape index (κ2) is 40.5. The second-order valence-electron chi connectivity index (χ2n) is 32.7. The first-order valence-electron chi connectivity index (χ1n) is 38.5. The van der Waals surface area contributed by atoms with Crippen LogP contribution >= 0.6 is 0 Å². The van der Waals surface area contributed by atoms with E-state index in [1.165, 1.54) is 103 Å². The van der Waals surface area contributed by atoms with Gasteiger partial charge in [-0.25, -0.2) is 0 Å². The van der Waals surface area contributed by atoms with Gasteiger partial charge in [-0.2, -0.15) is 0 Å². The average Bonchev–Trinajstić information content (AvgIpc) is 1.73. The minimum absolute atomic E-state index is 0.397. The molecule has 16 aliphatic rings. The van der Waals surface area contributed by atoms with Crippen LogP contribution in [-0.4, -0.2) is 85.5 Å². The van der Waals surface area contributed by atoms with Crippen LogP contribution in [0.25, 0.3) is 0 Å². The molecule has 13 fully saturated rings. The van der Waals surface area contributed by atoms with Gasteiger partial charge in [0.05, 0.1) is 85.5 Å². The van der Waals surface area contributed by atoms with Gasteiger partial charge in [-0.15, -0.1) is 0 Å². The molecule has 2 saturated carbocycles. The van der Waals surface area contributed by atoms with E-state index in [1.807, 2.05) is 96.9 Å². The maximum Gasteiger partial charge on any atom is 0.0799 e. The first-order chi connectivity index (χ1) is 41.9. The zero-order valence-corrected chi connectivity index (χ0v) is 65.6. The van der Waals surface area contributed by atoms with Crippen molar-refractivity contribution in [3.8, 4) is 0 Å². The highest BCUT2D eigenvalue weighted by Crippen LogP contribution is 2.51. The van der Waals surface area contributed by atoms with Crippen LogP contribution in [0, 0.1) is 68.0 Å². The molecular weight excluding hydrogens is 1100 g/mol. The van der Waals surface area contributed by atoms with Crippen molar-refractivity contribution in [2.24, 2.45) is 68.0 Å². The van der Waals surface area contributed by atoms with Crippen molar-refractivity contribution < 1.29 is 33.2 Å². The molecule has 0 aromatic heterocycles. The Morgan fingerprint density at radius 2 is 0.573 bits per heavy atom. The van der Waals surface area contributed by atoms with Gasteiger partial charge in [0.1, 0.15) is 0 Å².